The highest BCUT2D eigenvalue weighted by Crippen LogP contribution is 2.22. The number of aryl methyl sites for hydroxylation is 3. The lowest BCUT2D eigenvalue weighted by Crippen LogP contribution is -2.14. The Labute approximate surface area is 113 Å². The van der Waals surface area contributed by atoms with E-state index >= 15 is 0 Å². The molecule has 0 amide bonds. The summed E-state index contributed by atoms with van der Waals surface area (Å²) in [7, 11) is 0. The summed E-state index contributed by atoms with van der Waals surface area (Å²) in [4.78, 5) is 9.12. The number of fused-ring (bicyclic) bond motifs is 1. The molecule has 0 aromatic carbocycles. The summed E-state index contributed by atoms with van der Waals surface area (Å²) in [5.74, 6) is 2.15. The molecule has 1 aliphatic rings. The first-order chi connectivity index (χ1) is 9.29. The molecule has 0 fully saturated rings. The summed E-state index contributed by atoms with van der Waals surface area (Å²) >= 11 is 0. The summed E-state index contributed by atoms with van der Waals surface area (Å²) in [5, 5.41) is 4.30. The molecule has 0 saturated heterocycles. The fourth-order valence-corrected chi connectivity index (χ4v) is 2.90. The molecule has 102 valence electrons. The fourth-order valence-electron chi connectivity index (χ4n) is 2.90. The van der Waals surface area contributed by atoms with Crippen LogP contribution in [0.4, 0.5) is 0 Å². The summed E-state index contributed by atoms with van der Waals surface area (Å²) in [6, 6.07) is 0. The Bertz CT molecular complexity index is 566. The Morgan fingerprint density at radius 3 is 2.95 bits per heavy atom. The summed E-state index contributed by atoms with van der Waals surface area (Å²) < 4.78 is 4.33. The quantitative estimate of drug-likeness (QED) is 0.845. The molecule has 0 bridgehead atoms. The third-order valence-electron chi connectivity index (χ3n) is 3.85. The maximum atomic E-state index is 4.71. The molecule has 0 atom stereocenters. The van der Waals surface area contributed by atoms with E-state index in [-0.39, 0.29) is 0 Å². The number of rotatable bonds is 4. The highest BCUT2D eigenvalue weighted by atomic mass is 15.3. The number of imidazole rings is 1. The van der Waals surface area contributed by atoms with Crippen LogP contribution in [0.5, 0.6) is 0 Å². The number of hydrogen-bond acceptors (Lipinski definition) is 3. The van der Waals surface area contributed by atoms with Crippen LogP contribution in [0, 0.1) is 6.92 Å². The second-order valence-corrected chi connectivity index (χ2v) is 5.25. The standard InChI is InChI=1S/C14H21N5/c1-3-8-19-14(15-10-16-19)9-18-11(2)17-12-6-4-5-7-13(12)18/h10H,3-9H2,1-2H3. The van der Waals surface area contributed by atoms with Crippen molar-refractivity contribution in [3.63, 3.8) is 0 Å². The Balaban J connectivity index is 1.90. The predicted molar refractivity (Wildman–Crippen MR) is 73.0 cm³/mol. The van der Waals surface area contributed by atoms with Crippen LogP contribution < -0.4 is 0 Å². The van der Waals surface area contributed by atoms with Crippen molar-refractivity contribution >= 4 is 0 Å². The van der Waals surface area contributed by atoms with Gasteiger partial charge in [-0.05, 0) is 39.0 Å². The summed E-state index contributed by atoms with van der Waals surface area (Å²) in [5.41, 5.74) is 2.71. The summed E-state index contributed by atoms with van der Waals surface area (Å²) in [6.45, 7) is 5.99. The van der Waals surface area contributed by atoms with Crippen LogP contribution in [-0.4, -0.2) is 24.3 Å². The molecule has 0 aliphatic heterocycles. The number of nitrogens with zero attached hydrogens (tertiary/aromatic N) is 5. The second kappa shape index (κ2) is 5.15. The molecule has 19 heavy (non-hydrogen) atoms. The SMILES string of the molecule is CCCn1ncnc1Cn1c(C)nc2c1CCCC2. The highest BCUT2D eigenvalue weighted by molar-refractivity contribution is 5.20. The minimum absolute atomic E-state index is 0.800. The van der Waals surface area contributed by atoms with Crippen LogP contribution in [0.25, 0.3) is 0 Å². The van der Waals surface area contributed by atoms with E-state index in [0.717, 1.165) is 44.0 Å². The lowest BCUT2D eigenvalue weighted by Gasteiger charge is -2.14. The van der Waals surface area contributed by atoms with Crippen molar-refractivity contribution in [3.8, 4) is 0 Å². The van der Waals surface area contributed by atoms with Crippen LogP contribution in [0.15, 0.2) is 6.33 Å². The third kappa shape index (κ3) is 2.29. The third-order valence-corrected chi connectivity index (χ3v) is 3.85. The van der Waals surface area contributed by atoms with Crippen molar-refractivity contribution in [2.24, 2.45) is 0 Å². The van der Waals surface area contributed by atoms with Crippen molar-refractivity contribution in [3.05, 3.63) is 29.4 Å². The van der Waals surface area contributed by atoms with Crippen LogP contribution in [0.2, 0.25) is 0 Å². The average Bonchev–Trinajstić information content (AvgIpc) is 2.97. The molecule has 5 heteroatoms. The average molecular weight is 259 g/mol. The van der Waals surface area contributed by atoms with Crippen molar-refractivity contribution < 1.29 is 0 Å². The molecule has 2 aromatic heterocycles. The molecule has 5 nitrogen and oxygen atoms in total. The van der Waals surface area contributed by atoms with Gasteiger partial charge in [0.05, 0.1) is 12.2 Å². The molecular formula is C14H21N5. The minimum atomic E-state index is 0.800. The lowest BCUT2D eigenvalue weighted by atomic mass is 10.0. The first kappa shape index (κ1) is 12.4. The van der Waals surface area contributed by atoms with E-state index in [1.807, 2.05) is 4.68 Å². The molecule has 0 saturated carbocycles. The van der Waals surface area contributed by atoms with E-state index in [4.69, 9.17) is 4.98 Å². The normalized spacial score (nSPS) is 14.6. The molecule has 0 spiro atoms. The van der Waals surface area contributed by atoms with Crippen molar-refractivity contribution in [2.45, 2.75) is 59.0 Å². The van der Waals surface area contributed by atoms with Crippen LogP contribution in [-0.2, 0) is 25.9 Å². The first-order valence-corrected chi connectivity index (χ1v) is 7.21. The van der Waals surface area contributed by atoms with Gasteiger partial charge in [-0.2, -0.15) is 5.10 Å². The van der Waals surface area contributed by atoms with E-state index in [1.165, 1.54) is 24.2 Å². The minimum Gasteiger partial charge on any atom is -0.324 e. The van der Waals surface area contributed by atoms with Crippen molar-refractivity contribution in [1.82, 2.24) is 24.3 Å². The maximum absolute atomic E-state index is 4.71. The van der Waals surface area contributed by atoms with Gasteiger partial charge in [-0.15, -0.1) is 0 Å². The topological polar surface area (TPSA) is 48.5 Å². The number of hydrogen-bond donors (Lipinski definition) is 0. The van der Waals surface area contributed by atoms with Crippen LogP contribution in [0.1, 0.15) is 49.2 Å². The molecule has 0 radical (unpaired) electrons. The van der Waals surface area contributed by atoms with E-state index < -0.39 is 0 Å². The Kier molecular flexibility index (Phi) is 3.36. The second-order valence-electron chi connectivity index (χ2n) is 5.25. The van der Waals surface area contributed by atoms with Gasteiger partial charge in [-0.25, -0.2) is 14.6 Å². The van der Waals surface area contributed by atoms with Gasteiger partial charge in [0.2, 0.25) is 0 Å². The van der Waals surface area contributed by atoms with Crippen LogP contribution >= 0.6 is 0 Å². The first-order valence-electron chi connectivity index (χ1n) is 7.21. The molecule has 2 heterocycles. The molecule has 1 aliphatic carbocycles. The zero-order valence-electron chi connectivity index (χ0n) is 11.8. The van der Waals surface area contributed by atoms with Gasteiger partial charge >= 0.3 is 0 Å². The predicted octanol–water partition coefficient (Wildman–Crippen LogP) is 2.12. The van der Waals surface area contributed by atoms with Crippen molar-refractivity contribution in [2.75, 3.05) is 0 Å². The van der Waals surface area contributed by atoms with Crippen molar-refractivity contribution in [1.29, 1.82) is 0 Å². The van der Waals surface area contributed by atoms with Gasteiger partial charge < -0.3 is 4.57 Å². The van der Waals surface area contributed by atoms with E-state index in [1.54, 1.807) is 6.33 Å². The van der Waals surface area contributed by atoms with Gasteiger partial charge in [0, 0.05) is 12.2 Å². The lowest BCUT2D eigenvalue weighted by molar-refractivity contribution is 0.540. The largest absolute Gasteiger partial charge is 0.324 e. The van der Waals surface area contributed by atoms with E-state index in [0.29, 0.717) is 0 Å². The Morgan fingerprint density at radius 2 is 2.11 bits per heavy atom. The zero-order chi connectivity index (χ0) is 13.2. The number of aromatic nitrogens is 5. The van der Waals surface area contributed by atoms with E-state index in [2.05, 4.69) is 28.5 Å². The molecule has 0 unspecified atom stereocenters. The van der Waals surface area contributed by atoms with Gasteiger partial charge in [0.1, 0.15) is 18.0 Å². The Morgan fingerprint density at radius 1 is 1.26 bits per heavy atom. The Hall–Kier alpha value is -1.65. The monoisotopic (exact) mass is 259 g/mol. The summed E-state index contributed by atoms with van der Waals surface area (Å²) in [6.07, 6.45) is 7.57. The van der Waals surface area contributed by atoms with Gasteiger partial charge in [-0.1, -0.05) is 6.92 Å². The fraction of sp³-hybridized carbons (Fsp3) is 0.643. The maximum Gasteiger partial charge on any atom is 0.146 e. The van der Waals surface area contributed by atoms with Gasteiger partial charge in [-0.3, -0.25) is 0 Å². The van der Waals surface area contributed by atoms with Gasteiger partial charge in [0.15, 0.2) is 0 Å². The highest BCUT2D eigenvalue weighted by Gasteiger charge is 2.19. The molecular weight excluding hydrogens is 238 g/mol. The van der Waals surface area contributed by atoms with Crippen LogP contribution in [0.3, 0.4) is 0 Å². The zero-order valence-corrected chi connectivity index (χ0v) is 11.8. The smallest absolute Gasteiger partial charge is 0.146 e. The molecule has 3 rings (SSSR count). The molecule has 2 aromatic rings. The molecule has 0 N–H and O–H groups in total. The van der Waals surface area contributed by atoms with E-state index in [9.17, 15) is 0 Å². The van der Waals surface area contributed by atoms with Gasteiger partial charge in [0.25, 0.3) is 0 Å².